The molecule has 1 rings (SSSR count). The van der Waals surface area contributed by atoms with Crippen LogP contribution in [0.3, 0.4) is 0 Å². The Morgan fingerprint density at radius 2 is 1.89 bits per heavy atom. The molecule has 4 nitrogen and oxygen atoms in total. The molecule has 0 radical (unpaired) electrons. The maximum Gasteiger partial charge on any atom is 0.307 e. The highest BCUT2D eigenvalue weighted by Gasteiger charge is 2.18. The molecule has 0 saturated carbocycles. The molecule has 0 heterocycles. The minimum absolute atomic E-state index is 0.423. The van der Waals surface area contributed by atoms with E-state index < -0.39 is 18.0 Å². The fraction of sp³-hybridized carbons (Fsp3) is 0.500. The number of carboxylic acid groups (broad SMARTS) is 1. The average molecular weight is 251 g/mol. The first-order valence-electron chi connectivity index (χ1n) is 6.22. The number of benzene rings is 1. The molecule has 2 atom stereocenters. The van der Waals surface area contributed by atoms with Gasteiger partial charge in [-0.3, -0.25) is 9.69 Å². The zero-order valence-corrected chi connectivity index (χ0v) is 10.9. The number of carboxylic acids is 1. The fourth-order valence-electron chi connectivity index (χ4n) is 1.82. The summed E-state index contributed by atoms with van der Waals surface area (Å²) in [7, 11) is 0. The van der Waals surface area contributed by atoms with Gasteiger partial charge in [0.25, 0.3) is 0 Å². The minimum Gasteiger partial charge on any atom is -0.481 e. The lowest BCUT2D eigenvalue weighted by atomic mass is 10.1. The third kappa shape index (κ3) is 4.47. The smallest absolute Gasteiger partial charge is 0.307 e. The van der Waals surface area contributed by atoms with Crippen LogP contribution in [0.1, 0.15) is 25.5 Å². The monoisotopic (exact) mass is 251 g/mol. The Balaban J connectivity index is 2.55. The van der Waals surface area contributed by atoms with Crippen molar-refractivity contribution in [2.45, 2.75) is 20.0 Å². The summed E-state index contributed by atoms with van der Waals surface area (Å²) >= 11 is 0. The van der Waals surface area contributed by atoms with Crippen LogP contribution in [-0.4, -0.2) is 40.7 Å². The number of aliphatic hydroxyl groups is 1. The normalized spacial score (nSPS) is 14.4. The molecular weight excluding hydrogens is 230 g/mol. The minimum atomic E-state index is -0.803. The third-order valence-electron chi connectivity index (χ3n) is 3.02. The van der Waals surface area contributed by atoms with Gasteiger partial charge in [-0.2, -0.15) is 0 Å². The van der Waals surface area contributed by atoms with Crippen molar-refractivity contribution in [2.24, 2.45) is 5.92 Å². The van der Waals surface area contributed by atoms with Gasteiger partial charge >= 0.3 is 5.97 Å². The van der Waals surface area contributed by atoms with E-state index in [-0.39, 0.29) is 0 Å². The predicted octanol–water partition coefficient (Wildman–Crippen LogP) is 1.76. The fourth-order valence-corrected chi connectivity index (χ4v) is 1.82. The van der Waals surface area contributed by atoms with Gasteiger partial charge < -0.3 is 10.2 Å². The standard InChI is InChI=1S/C14H21NO3/c1-3-15(9-11(2)14(17)18)10-13(16)12-7-5-4-6-8-12/h4-8,11,13,16H,3,9-10H2,1-2H3,(H,17,18). The molecule has 4 heteroatoms. The Morgan fingerprint density at radius 3 is 2.39 bits per heavy atom. The van der Waals surface area contributed by atoms with E-state index in [2.05, 4.69) is 0 Å². The number of hydrogen-bond donors (Lipinski definition) is 2. The molecule has 0 spiro atoms. The Hall–Kier alpha value is -1.39. The van der Waals surface area contributed by atoms with Gasteiger partial charge in [0.15, 0.2) is 0 Å². The van der Waals surface area contributed by atoms with Crippen molar-refractivity contribution in [3.8, 4) is 0 Å². The zero-order valence-electron chi connectivity index (χ0n) is 10.9. The highest BCUT2D eigenvalue weighted by Crippen LogP contribution is 2.14. The van der Waals surface area contributed by atoms with Gasteiger partial charge in [-0.15, -0.1) is 0 Å². The van der Waals surface area contributed by atoms with Gasteiger partial charge in [-0.05, 0) is 12.1 Å². The summed E-state index contributed by atoms with van der Waals surface area (Å²) in [6.07, 6.45) is -0.577. The van der Waals surface area contributed by atoms with E-state index in [1.165, 1.54) is 0 Å². The van der Waals surface area contributed by atoms with E-state index in [0.717, 1.165) is 12.1 Å². The second-order valence-corrected chi connectivity index (χ2v) is 4.52. The van der Waals surface area contributed by atoms with Crippen LogP contribution in [0.25, 0.3) is 0 Å². The topological polar surface area (TPSA) is 60.8 Å². The molecule has 0 amide bonds. The van der Waals surface area contributed by atoms with E-state index >= 15 is 0 Å². The van der Waals surface area contributed by atoms with E-state index in [9.17, 15) is 9.90 Å². The first-order chi connectivity index (χ1) is 8.54. The molecule has 0 aliphatic heterocycles. The lowest BCUT2D eigenvalue weighted by Crippen LogP contribution is -2.34. The Morgan fingerprint density at radius 1 is 1.28 bits per heavy atom. The van der Waals surface area contributed by atoms with Crippen LogP contribution >= 0.6 is 0 Å². The van der Waals surface area contributed by atoms with Gasteiger partial charge in [0.2, 0.25) is 0 Å². The summed E-state index contributed by atoms with van der Waals surface area (Å²) in [5.41, 5.74) is 0.860. The molecule has 0 bridgehead atoms. The molecule has 2 unspecified atom stereocenters. The molecular formula is C14H21NO3. The van der Waals surface area contributed by atoms with Crippen LogP contribution in [0.5, 0.6) is 0 Å². The van der Waals surface area contributed by atoms with Gasteiger partial charge in [-0.1, -0.05) is 44.2 Å². The van der Waals surface area contributed by atoms with Gasteiger partial charge in [-0.25, -0.2) is 0 Å². The van der Waals surface area contributed by atoms with Gasteiger partial charge in [0, 0.05) is 13.1 Å². The summed E-state index contributed by atoms with van der Waals surface area (Å²) in [6.45, 7) is 5.28. The Kier molecular flexibility index (Phi) is 5.82. The summed E-state index contributed by atoms with van der Waals surface area (Å²) in [6, 6.07) is 9.42. The zero-order chi connectivity index (χ0) is 13.5. The maximum absolute atomic E-state index is 10.8. The second-order valence-electron chi connectivity index (χ2n) is 4.52. The molecule has 0 saturated heterocycles. The summed E-state index contributed by atoms with van der Waals surface area (Å²) < 4.78 is 0. The summed E-state index contributed by atoms with van der Waals surface area (Å²) in [5, 5.41) is 19.0. The van der Waals surface area contributed by atoms with Crippen LogP contribution in [0.15, 0.2) is 30.3 Å². The average Bonchev–Trinajstić information content (AvgIpc) is 2.38. The molecule has 1 aromatic carbocycles. The van der Waals surface area contributed by atoms with E-state index in [0.29, 0.717) is 13.1 Å². The van der Waals surface area contributed by atoms with Crippen molar-refractivity contribution in [1.29, 1.82) is 0 Å². The first kappa shape index (κ1) is 14.7. The molecule has 0 fully saturated rings. The van der Waals surface area contributed by atoms with Crippen LogP contribution in [0.2, 0.25) is 0 Å². The molecule has 0 aliphatic rings. The van der Waals surface area contributed by atoms with Crippen LogP contribution in [0, 0.1) is 5.92 Å². The van der Waals surface area contributed by atoms with Crippen LogP contribution in [-0.2, 0) is 4.79 Å². The van der Waals surface area contributed by atoms with Crippen molar-refractivity contribution in [1.82, 2.24) is 4.90 Å². The largest absolute Gasteiger partial charge is 0.481 e. The SMILES string of the molecule is CCN(CC(C)C(=O)O)CC(O)c1ccccc1. The molecule has 100 valence electrons. The van der Waals surface area contributed by atoms with Crippen LogP contribution in [0.4, 0.5) is 0 Å². The van der Waals surface area contributed by atoms with Crippen molar-refractivity contribution in [3.63, 3.8) is 0 Å². The summed E-state index contributed by atoms with van der Waals surface area (Å²) in [5.74, 6) is -1.23. The number of aliphatic carboxylic acids is 1. The van der Waals surface area contributed by atoms with Crippen molar-refractivity contribution in [3.05, 3.63) is 35.9 Å². The van der Waals surface area contributed by atoms with Crippen molar-refractivity contribution in [2.75, 3.05) is 19.6 Å². The molecule has 2 N–H and O–H groups in total. The predicted molar refractivity (Wildman–Crippen MR) is 70.3 cm³/mol. The quantitative estimate of drug-likeness (QED) is 0.775. The lowest BCUT2D eigenvalue weighted by Gasteiger charge is -2.25. The van der Waals surface area contributed by atoms with E-state index in [4.69, 9.17) is 5.11 Å². The number of likely N-dealkylation sites (N-methyl/N-ethyl adjacent to an activating group) is 1. The molecule has 0 aliphatic carbocycles. The van der Waals surface area contributed by atoms with E-state index in [1.807, 2.05) is 42.2 Å². The Labute approximate surface area is 108 Å². The van der Waals surface area contributed by atoms with Crippen molar-refractivity contribution >= 4 is 5.97 Å². The summed E-state index contributed by atoms with van der Waals surface area (Å²) in [4.78, 5) is 12.8. The first-order valence-corrected chi connectivity index (χ1v) is 6.22. The second kappa shape index (κ2) is 7.13. The number of carbonyl (C=O) groups is 1. The number of hydrogen-bond acceptors (Lipinski definition) is 3. The number of aliphatic hydroxyl groups excluding tert-OH is 1. The van der Waals surface area contributed by atoms with Crippen LogP contribution < -0.4 is 0 Å². The highest BCUT2D eigenvalue weighted by atomic mass is 16.4. The molecule has 0 aromatic heterocycles. The number of nitrogens with zero attached hydrogens (tertiary/aromatic N) is 1. The molecule has 18 heavy (non-hydrogen) atoms. The van der Waals surface area contributed by atoms with Gasteiger partial charge in [0.05, 0.1) is 12.0 Å². The highest BCUT2D eigenvalue weighted by molar-refractivity contribution is 5.69. The van der Waals surface area contributed by atoms with E-state index in [1.54, 1.807) is 6.92 Å². The Bertz CT molecular complexity index is 367. The van der Waals surface area contributed by atoms with Crippen molar-refractivity contribution < 1.29 is 15.0 Å². The molecule has 1 aromatic rings. The maximum atomic E-state index is 10.8. The third-order valence-corrected chi connectivity index (χ3v) is 3.02. The lowest BCUT2D eigenvalue weighted by molar-refractivity contribution is -0.141. The number of rotatable bonds is 7. The van der Waals surface area contributed by atoms with Gasteiger partial charge in [0.1, 0.15) is 0 Å².